The van der Waals surface area contributed by atoms with Gasteiger partial charge in [-0.05, 0) is 46.3 Å². The van der Waals surface area contributed by atoms with Crippen molar-refractivity contribution < 1.29 is 0 Å². The fourth-order valence-corrected chi connectivity index (χ4v) is 2.70. The quantitative estimate of drug-likeness (QED) is 0.668. The van der Waals surface area contributed by atoms with Gasteiger partial charge in [-0.1, -0.05) is 34.1 Å². The van der Waals surface area contributed by atoms with Crippen LogP contribution < -0.4 is 5.32 Å². The van der Waals surface area contributed by atoms with Crippen LogP contribution in [0.15, 0.2) is 69.9 Å². The summed E-state index contributed by atoms with van der Waals surface area (Å²) in [4.78, 5) is 4.37. The standard InChI is InChI=1S/C15H11Br2N3/c16-11-6-7-13(17)14(10-11)20-9-8-18-15(20)19-12-4-2-1-3-5-12/h1-10H,(H,18,19). The number of nitrogens with zero attached hydrogens (tertiary/aromatic N) is 2. The molecule has 0 aliphatic rings. The van der Waals surface area contributed by atoms with Crippen LogP contribution in [0.4, 0.5) is 11.6 Å². The van der Waals surface area contributed by atoms with E-state index in [1.807, 2.05) is 59.3 Å². The number of imidazole rings is 1. The number of anilines is 2. The lowest BCUT2D eigenvalue weighted by Gasteiger charge is -2.11. The third kappa shape index (κ3) is 2.78. The highest BCUT2D eigenvalue weighted by Crippen LogP contribution is 2.28. The molecule has 0 fully saturated rings. The lowest BCUT2D eigenvalue weighted by atomic mass is 10.3. The predicted octanol–water partition coefficient (Wildman–Crippen LogP) is 5.14. The molecule has 0 amide bonds. The first-order valence-electron chi connectivity index (χ1n) is 6.05. The van der Waals surface area contributed by atoms with Crippen molar-refractivity contribution in [1.82, 2.24) is 9.55 Å². The molecule has 3 rings (SSSR count). The Morgan fingerprint density at radius 2 is 1.80 bits per heavy atom. The molecule has 0 spiro atoms. The number of hydrogen-bond acceptors (Lipinski definition) is 2. The summed E-state index contributed by atoms with van der Waals surface area (Å²) in [6.45, 7) is 0. The number of para-hydroxylation sites is 1. The fraction of sp³-hybridized carbons (Fsp3) is 0. The van der Waals surface area contributed by atoms with Gasteiger partial charge >= 0.3 is 0 Å². The van der Waals surface area contributed by atoms with Crippen LogP contribution in [-0.2, 0) is 0 Å². The first kappa shape index (κ1) is 13.4. The predicted molar refractivity (Wildman–Crippen MR) is 88.7 cm³/mol. The molecule has 5 heteroatoms. The van der Waals surface area contributed by atoms with Crippen molar-refractivity contribution in [1.29, 1.82) is 0 Å². The highest BCUT2D eigenvalue weighted by molar-refractivity contribution is 9.11. The molecule has 0 bridgehead atoms. The van der Waals surface area contributed by atoms with Gasteiger partial charge in [0.25, 0.3) is 0 Å². The van der Waals surface area contributed by atoms with Crippen molar-refractivity contribution in [3.05, 3.63) is 69.9 Å². The molecule has 0 aliphatic heterocycles. The van der Waals surface area contributed by atoms with Gasteiger partial charge in [-0.15, -0.1) is 0 Å². The van der Waals surface area contributed by atoms with Gasteiger partial charge in [0.05, 0.1) is 5.69 Å². The summed E-state index contributed by atoms with van der Waals surface area (Å²) in [7, 11) is 0. The zero-order chi connectivity index (χ0) is 13.9. The number of aromatic nitrogens is 2. The third-order valence-electron chi connectivity index (χ3n) is 2.84. The van der Waals surface area contributed by atoms with Crippen molar-refractivity contribution in [2.75, 3.05) is 5.32 Å². The Balaban J connectivity index is 2.00. The van der Waals surface area contributed by atoms with Crippen LogP contribution in [0.5, 0.6) is 0 Å². The number of nitrogens with one attached hydrogen (secondary N) is 1. The van der Waals surface area contributed by atoms with Gasteiger partial charge in [-0.2, -0.15) is 0 Å². The number of halogens is 2. The zero-order valence-corrected chi connectivity index (χ0v) is 13.6. The molecule has 1 N–H and O–H groups in total. The molecular formula is C15H11Br2N3. The normalized spacial score (nSPS) is 10.5. The number of rotatable bonds is 3. The molecule has 0 saturated heterocycles. The van der Waals surface area contributed by atoms with Crippen LogP contribution in [0.3, 0.4) is 0 Å². The van der Waals surface area contributed by atoms with Crippen molar-refractivity contribution in [3.8, 4) is 5.69 Å². The molecular weight excluding hydrogens is 382 g/mol. The van der Waals surface area contributed by atoms with Gasteiger partial charge in [0.1, 0.15) is 0 Å². The van der Waals surface area contributed by atoms with E-state index in [1.165, 1.54) is 0 Å². The van der Waals surface area contributed by atoms with E-state index in [9.17, 15) is 0 Å². The van der Waals surface area contributed by atoms with E-state index in [0.29, 0.717) is 0 Å². The largest absolute Gasteiger partial charge is 0.325 e. The monoisotopic (exact) mass is 391 g/mol. The van der Waals surface area contributed by atoms with E-state index in [-0.39, 0.29) is 0 Å². The number of benzene rings is 2. The van der Waals surface area contributed by atoms with E-state index in [4.69, 9.17) is 0 Å². The Morgan fingerprint density at radius 1 is 1.00 bits per heavy atom. The summed E-state index contributed by atoms with van der Waals surface area (Å²) in [5, 5.41) is 3.31. The fourth-order valence-electron chi connectivity index (χ4n) is 1.91. The molecule has 3 aromatic rings. The molecule has 3 nitrogen and oxygen atoms in total. The Labute approximate surface area is 133 Å². The van der Waals surface area contributed by atoms with Crippen LogP contribution in [0.2, 0.25) is 0 Å². The second kappa shape index (κ2) is 5.81. The minimum absolute atomic E-state index is 0.773. The maximum absolute atomic E-state index is 4.37. The Hall–Kier alpha value is -1.59. The van der Waals surface area contributed by atoms with Crippen LogP contribution in [-0.4, -0.2) is 9.55 Å². The highest BCUT2D eigenvalue weighted by Gasteiger charge is 2.09. The topological polar surface area (TPSA) is 29.9 Å². The van der Waals surface area contributed by atoms with E-state index < -0.39 is 0 Å². The van der Waals surface area contributed by atoms with Crippen molar-refractivity contribution in [3.63, 3.8) is 0 Å². The first-order chi connectivity index (χ1) is 9.74. The van der Waals surface area contributed by atoms with Crippen molar-refractivity contribution >= 4 is 43.5 Å². The second-order valence-corrected chi connectivity index (χ2v) is 5.98. The summed E-state index contributed by atoms with van der Waals surface area (Å²) in [6.07, 6.45) is 3.70. The van der Waals surface area contributed by atoms with Crippen molar-refractivity contribution in [2.45, 2.75) is 0 Å². The zero-order valence-electron chi connectivity index (χ0n) is 10.4. The summed E-state index contributed by atoms with van der Waals surface area (Å²) in [6, 6.07) is 16.0. The molecule has 0 unspecified atom stereocenters. The second-order valence-electron chi connectivity index (χ2n) is 4.21. The molecule has 0 aliphatic carbocycles. The van der Waals surface area contributed by atoms with Gasteiger partial charge in [0.15, 0.2) is 0 Å². The third-order valence-corrected chi connectivity index (χ3v) is 4.00. The summed E-state index contributed by atoms with van der Waals surface area (Å²) in [5.74, 6) is 0.773. The van der Waals surface area contributed by atoms with E-state index in [0.717, 1.165) is 26.3 Å². The van der Waals surface area contributed by atoms with Gasteiger partial charge in [-0.25, -0.2) is 4.98 Å². The highest BCUT2D eigenvalue weighted by atomic mass is 79.9. The summed E-state index contributed by atoms with van der Waals surface area (Å²) < 4.78 is 4.03. The average Bonchev–Trinajstić information content (AvgIpc) is 2.91. The van der Waals surface area contributed by atoms with Gasteiger partial charge in [0.2, 0.25) is 5.95 Å². The van der Waals surface area contributed by atoms with E-state index in [2.05, 4.69) is 42.2 Å². The SMILES string of the molecule is Brc1ccc(Br)c(-n2ccnc2Nc2ccccc2)c1. The molecule has 0 saturated carbocycles. The van der Waals surface area contributed by atoms with E-state index >= 15 is 0 Å². The van der Waals surface area contributed by atoms with Crippen LogP contribution in [0, 0.1) is 0 Å². The first-order valence-corrected chi connectivity index (χ1v) is 7.63. The molecule has 0 radical (unpaired) electrons. The summed E-state index contributed by atoms with van der Waals surface area (Å²) >= 11 is 7.07. The number of hydrogen-bond donors (Lipinski definition) is 1. The smallest absolute Gasteiger partial charge is 0.212 e. The molecule has 1 aromatic heterocycles. The maximum atomic E-state index is 4.37. The molecule has 100 valence electrons. The van der Waals surface area contributed by atoms with Gasteiger partial charge in [-0.3, -0.25) is 4.57 Å². The van der Waals surface area contributed by atoms with Crippen molar-refractivity contribution in [2.24, 2.45) is 0 Å². The molecule has 0 atom stereocenters. The van der Waals surface area contributed by atoms with Crippen LogP contribution in [0.1, 0.15) is 0 Å². The summed E-state index contributed by atoms with van der Waals surface area (Å²) in [5.41, 5.74) is 2.03. The van der Waals surface area contributed by atoms with Crippen LogP contribution in [0.25, 0.3) is 5.69 Å². The van der Waals surface area contributed by atoms with Gasteiger partial charge in [0, 0.05) is 27.0 Å². The Bertz CT molecular complexity index is 723. The van der Waals surface area contributed by atoms with Gasteiger partial charge < -0.3 is 5.32 Å². The molecule has 1 heterocycles. The molecule has 20 heavy (non-hydrogen) atoms. The Morgan fingerprint density at radius 3 is 2.60 bits per heavy atom. The Kier molecular flexibility index (Phi) is 3.89. The minimum atomic E-state index is 0.773. The molecule has 2 aromatic carbocycles. The van der Waals surface area contributed by atoms with Crippen LogP contribution >= 0.6 is 31.9 Å². The van der Waals surface area contributed by atoms with E-state index in [1.54, 1.807) is 6.20 Å². The lowest BCUT2D eigenvalue weighted by molar-refractivity contribution is 1.05. The average molecular weight is 393 g/mol. The maximum Gasteiger partial charge on any atom is 0.212 e. The minimum Gasteiger partial charge on any atom is -0.325 e. The lowest BCUT2D eigenvalue weighted by Crippen LogP contribution is -2.01.